The number of anilines is 3. The van der Waals surface area contributed by atoms with E-state index in [1.165, 1.54) is 0 Å². The van der Waals surface area contributed by atoms with E-state index in [4.69, 9.17) is 4.98 Å². The van der Waals surface area contributed by atoms with Gasteiger partial charge in [-0.1, -0.05) is 62.7 Å². The van der Waals surface area contributed by atoms with Crippen molar-refractivity contribution in [3.63, 3.8) is 0 Å². The third-order valence-electron chi connectivity index (χ3n) is 5.78. The molecule has 0 unspecified atom stereocenters. The number of aryl methyl sites for hydroxylation is 3. The third-order valence-corrected chi connectivity index (χ3v) is 7.26. The molecule has 1 aromatic heterocycles. The zero-order chi connectivity index (χ0) is 24.7. The summed E-state index contributed by atoms with van der Waals surface area (Å²) in [6.07, 6.45) is 0. The quantitative estimate of drug-likeness (QED) is 0.350. The summed E-state index contributed by atoms with van der Waals surface area (Å²) in [5.41, 5.74) is 5.70. The van der Waals surface area contributed by atoms with Crippen LogP contribution in [-0.4, -0.2) is 18.4 Å². The van der Waals surface area contributed by atoms with Gasteiger partial charge in [-0.3, -0.25) is 4.72 Å². The Morgan fingerprint density at radius 3 is 2.03 bits per heavy atom. The summed E-state index contributed by atoms with van der Waals surface area (Å²) in [6, 6.07) is 19.0. The normalized spacial score (nSPS) is 12.1. The molecule has 4 aromatic rings. The Bertz CT molecular complexity index is 1490. The summed E-state index contributed by atoms with van der Waals surface area (Å²) in [7, 11) is -3.92. The predicted octanol–water partition coefficient (Wildman–Crippen LogP) is 6.40. The smallest absolute Gasteiger partial charge is 0.263 e. The van der Waals surface area contributed by atoms with Gasteiger partial charge in [-0.2, -0.15) is 0 Å². The molecule has 0 aliphatic rings. The average molecular weight is 475 g/mol. The van der Waals surface area contributed by atoms with E-state index >= 15 is 0 Å². The van der Waals surface area contributed by atoms with E-state index in [9.17, 15) is 8.42 Å². The van der Waals surface area contributed by atoms with Crippen molar-refractivity contribution in [1.82, 2.24) is 9.97 Å². The summed E-state index contributed by atoms with van der Waals surface area (Å²) in [4.78, 5) is 9.53. The Hall–Kier alpha value is -3.45. The maximum atomic E-state index is 13.5. The summed E-state index contributed by atoms with van der Waals surface area (Å²) < 4.78 is 29.8. The van der Waals surface area contributed by atoms with E-state index in [-0.39, 0.29) is 16.1 Å². The predicted molar refractivity (Wildman–Crippen MR) is 139 cm³/mol. The van der Waals surface area contributed by atoms with Gasteiger partial charge in [0.25, 0.3) is 10.0 Å². The van der Waals surface area contributed by atoms with Gasteiger partial charge >= 0.3 is 0 Å². The number of nitrogens with zero attached hydrogens (tertiary/aromatic N) is 2. The first-order chi connectivity index (χ1) is 15.9. The highest BCUT2D eigenvalue weighted by molar-refractivity contribution is 7.92. The number of nitrogens with one attached hydrogen (secondary N) is 2. The lowest BCUT2D eigenvalue weighted by atomic mass is 9.87. The molecule has 0 bridgehead atoms. The molecule has 0 fully saturated rings. The highest BCUT2D eigenvalue weighted by Crippen LogP contribution is 2.31. The van der Waals surface area contributed by atoms with Crippen LogP contribution in [0.15, 0.2) is 65.6 Å². The minimum absolute atomic E-state index is 0.152. The lowest BCUT2D eigenvalue weighted by Gasteiger charge is -2.21. The van der Waals surface area contributed by atoms with Crippen molar-refractivity contribution in [3.8, 4) is 0 Å². The summed E-state index contributed by atoms with van der Waals surface area (Å²) in [6.45, 7) is 12.0. The van der Waals surface area contributed by atoms with Crippen LogP contribution in [0.1, 0.15) is 43.0 Å². The zero-order valence-corrected chi connectivity index (χ0v) is 21.2. The number of rotatable bonds is 5. The van der Waals surface area contributed by atoms with E-state index in [1.807, 2.05) is 62.4 Å². The number of benzene rings is 3. The molecule has 2 N–H and O–H groups in total. The van der Waals surface area contributed by atoms with Gasteiger partial charge in [-0.05, 0) is 67.1 Å². The van der Waals surface area contributed by atoms with Crippen molar-refractivity contribution in [2.24, 2.45) is 0 Å². The molecular formula is C27H30N4O2S. The second kappa shape index (κ2) is 8.72. The molecule has 34 heavy (non-hydrogen) atoms. The molecule has 176 valence electrons. The standard InChI is InChI=1S/C27H30N4O2S/c1-17-11-14-21(19(3)15-17)28-25-26(30-23-10-8-7-9-22(23)29-25)31-34(32,33)24-16-20(27(4,5)6)13-12-18(24)2/h7-16H,1-6H3,(H,28,29)(H,30,31). The number of hydrogen-bond donors (Lipinski definition) is 2. The second-order valence-corrected chi connectivity index (χ2v) is 11.3. The van der Waals surface area contributed by atoms with Gasteiger partial charge in [0.15, 0.2) is 11.6 Å². The highest BCUT2D eigenvalue weighted by Gasteiger charge is 2.24. The summed E-state index contributed by atoms with van der Waals surface area (Å²) in [5.74, 6) is 0.498. The van der Waals surface area contributed by atoms with Crippen LogP contribution < -0.4 is 10.0 Å². The summed E-state index contributed by atoms with van der Waals surface area (Å²) >= 11 is 0. The molecular weight excluding hydrogens is 444 g/mol. The van der Waals surface area contributed by atoms with Gasteiger partial charge in [0.1, 0.15) is 0 Å². The van der Waals surface area contributed by atoms with Crippen molar-refractivity contribution in [1.29, 1.82) is 0 Å². The maximum Gasteiger partial charge on any atom is 0.263 e. The van der Waals surface area contributed by atoms with E-state index < -0.39 is 10.0 Å². The number of sulfonamides is 1. The average Bonchev–Trinajstić information content (AvgIpc) is 2.75. The highest BCUT2D eigenvalue weighted by atomic mass is 32.2. The minimum atomic E-state index is -3.92. The fourth-order valence-electron chi connectivity index (χ4n) is 3.78. The molecule has 7 heteroatoms. The van der Waals surface area contributed by atoms with Crippen LogP contribution in [0.2, 0.25) is 0 Å². The van der Waals surface area contributed by atoms with Gasteiger partial charge in [-0.15, -0.1) is 0 Å². The first kappa shape index (κ1) is 23.7. The van der Waals surface area contributed by atoms with Crippen LogP contribution in [-0.2, 0) is 15.4 Å². The van der Waals surface area contributed by atoms with E-state index in [0.717, 1.165) is 22.4 Å². The van der Waals surface area contributed by atoms with Crippen LogP contribution in [0.4, 0.5) is 17.3 Å². The van der Waals surface area contributed by atoms with Crippen molar-refractivity contribution in [2.75, 3.05) is 10.0 Å². The topological polar surface area (TPSA) is 84.0 Å². The second-order valence-electron chi connectivity index (χ2n) is 9.69. The monoisotopic (exact) mass is 474 g/mol. The van der Waals surface area contributed by atoms with Crippen LogP contribution in [0.5, 0.6) is 0 Å². The molecule has 0 aliphatic heterocycles. The molecule has 0 atom stereocenters. The Morgan fingerprint density at radius 1 is 0.765 bits per heavy atom. The molecule has 0 amide bonds. The van der Waals surface area contributed by atoms with E-state index in [0.29, 0.717) is 22.4 Å². The fourth-order valence-corrected chi connectivity index (χ4v) is 5.06. The Labute approximate surface area is 201 Å². The molecule has 6 nitrogen and oxygen atoms in total. The van der Waals surface area contributed by atoms with Crippen molar-refractivity contribution < 1.29 is 8.42 Å². The van der Waals surface area contributed by atoms with Crippen molar-refractivity contribution >= 4 is 38.4 Å². The van der Waals surface area contributed by atoms with Crippen LogP contribution in [0.25, 0.3) is 11.0 Å². The minimum Gasteiger partial charge on any atom is -0.337 e. The first-order valence-corrected chi connectivity index (χ1v) is 12.7. The summed E-state index contributed by atoms with van der Waals surface area (Å²) in [5, 5.41) is 3.28. The fraction of sp³-hybridized carbons (Fsp3) is 0.259. The SMILES string of the molecule is Cc1ccc(Nc2nc3ccccc3nc2NS(=O)(=O)c2cc(C(C)(C)C)ccc2C)c(C)c1. The van der Waals surface area contributed by atoms with Gasteiger partial charge in [0, 0.05) is 5.69 Å². The molecule has 4 rings (SSSR count). The van der Waals surface area contributed by atoms with Gasteiger partial charge in [0.05, 0.1) is 15.9 Å². The van der Waals surface area contributed by atoms with Gasteiger partial charge < -0.3 is 5.32 Å². The molecule has 3 aromatic carbocycles. The molecule has 1 heterocycles. The van der Waals surface area contributed by atoms with E-state index in [1.54, 1.807) is 13.0 Å². The third kappa shape index (κ3) is 4.89. The van der Waals surface area contributed by atoms with Crippen LogP contribution >= 0.6 is 0 Å². The molecule has 0 saturated heterocycles. The van der Waals surface area contributed by atoms with Crippen molar-refractivity contribution in [3.05, 3.63) is 82.9 Å². The number of hydrogen-bond acceptors (Lipinski definition) is 5. The Morgan fingerprint density at radius 2 is 1.41 bits per heavy atom. The lowest BCUT2D eigenvalue weighted by Crippen LogP contribution is -2.19. The zero-order valence-electron chi connectivity index (χ0n) is 20.4. The Balaban J connectivity index is 1.81. The van der Waals surface area contributed by atoms with Gasteiger partial charge in [0.2, 0.25) is 0 Å². The van der Waals surface area contributed by atoms with Gasteiger partial charge in [-0.25, -0.2) is 18.4 Å². The number of fused-ring (bicyclic) bond motifs is 1. The molecule has 0 radical (unpaired) electrons. The largest absolute Gasteiger partial charge is 0.337 e. The number of para-hydroxylation sites is 2. The molecule has 0 aliphatic carbocycles. The molecule has 0 saturated carbocycles. The molecule has 0 spiro atoms. The number of aromatic nitrogens is 2. The van der Waals surface area contributed by atoms with Crippen LogP contribution in [0, 0.1) is 20.8 Å². The maximum absolute atomic E-state index is 13.5. The first-order valence-electron chi connectivity index (χ1n) is 11.2. The Kier molecular flexibility index (Phi) is 6.08. The van der Waals surface area contributed by atoms with Crippen LogP contribution in [0.3, 0.4) is 0 Å². The van der Waals surface area contributed by atoms with E-state index in [2.05, 4.69) is 41.9 Å². The van der Waals surface area contributed by atoms with Crippen molar-refractivity contribution in [2.45, 2.75) is 51.9 Å². The lowest BCUT2D eigenvalue weighted by molar-refractivity contribution is 0.584.